The topological polar surface area (TPSA) is 72.2 Å². The lowest BCUT2D eigenvalue weighted by Gasteiger charge is -2.31. The van der Waals surface area contributed by atoms with Crippen molar-refractivity contribution >= 4 is 27.2 Å². The molecule has 0 aromatic carbocycles. The molecule has 0 aliphatic heterocycles. The van der Waals surface area contributed by atoms with Gasteiger partial charge in [0.25, 0.3) is 0 Å². The van der Waals surface area contributed by atoms with Crippen molar-refractivity contribution in [1.29, 1.82) is 0 Å². The fourth-order valence-electron chi connectivity index (χ4n) is 2.92. The summed E-state index contributed by atoms with van der Waals surface area (Å²) in [6.45, 7) is 3.83. The lowest BCUT2D eigenvalue weighted by Crippen LogP contribution is -2.48. The molecule has 1 saturated carbocycles. The van der Waals surface area contributed by atoms with E-state index < -0.39 is 15.3 Å². The summed E-state index contributed by atoms with van der Waals surface area (Å²) in [6.07, 6.45) is 7.15. The highest BCUT2D eigenvalue weighted by atomic mass is 32.2. The first-order chi connectivity index (χ1) is 8.92. The molecular formula is C13H26N2O2S2. The summed E-state index contributed by atoms with van der Waals surface area (Å²) in [4.78, 5) is 0.0634. The second-order valence-corrected chi connectivity index (χ2v) is 7.74. The van der Waals surface area contributed by atoms with Gasteiger partial charge in [0.2, 0.25) is 10.0 Å². The Balaban J connectivity index is 2.75. The first kappa shape index (κ1) is 16.9. The lowest BCUT2D eigenvalue weighted by atomic mass is 9.83. The Labute approximate surface area is 122 Å². The van der Waals surface area contributed by atoms with Gasteiger partial charge in [0.1, 0.15) is 5.25 Å². The summed E-state index contributed by atoms with van der Waals surface area (Å²) < 4.78 is 27.5. The third-order valence-electron chi connectivity index (χ3n) is 4.04. The molecule has 6 heteroatoms. The predicted octanol–water partition coefficient (Wildman–Crippen LogP) is 2.33. The maximum absolute atomic E-state index is 12.3. The summed E-state index contributed by atoms with van der Waals surface area (Å²) in [5.41, 5.74) is 5.54. The first-order valence-corrected chi connectivity index (χ1v) is 9.18. The van der Waals surface area contributed by atoms with Gasteiger partial charge in [-0.2, -0.15) is 0 Å². The minimum absolute atomic E-state index is 0.0219. The molecule has 0 saturated heterocycles. The van der Waals surface area contributed by atoms with Gasteiger partial charge in [-0.3, -0.25) is 0 Å². The third kappa shape index (κ3) is 4.68. The number of rotatable bonds is 7. The van der Waals surface area contributed by atoms with Gasteiger partial charge in [-0.05, 0) is 31.6 Å². The molecule has 2 unspecified atom stereocenters. The SMILES string of the molecule is CCC(NS(=O)(=O)C(CC)C(N)=S)C1CCCCC1. The molecule has 2 atom stereocenters. The fraction of sp³-hybridized carbons (Fsp3) is 0.923. The zero-order valence-electron chi connectivity index (χ0n) is 11.9. The number of nitrogens with two attached hydrogens (primary N) is 1. The van der Waals surface area contributed by atoms with Crippen molar-refractivity contribution in [1.82, 2.24) is 4.72 Å². The van der Waals surface area contributed by atoms with E-state index in [0.717, 1.165) is 19.3 Å². The second kappa shape index (κ2) is 7.55. The van der Waals surface area contributed by atoms with E-state index in [0.29, 0.717) is 12.3 Å². The first-order valence-electron chi connectivity index (χ1n) is 7.22. The minimum atomic E-state index is -3.45. The highest BCUT2D eigenvalue weighted by Gasteiger charge is 2.31. The molecular weight excluding hydrogens is 280 g/mol. The van der Waals surface area contributed by atoms with Gasteiger partial charge in [0, 0.05) is 6.04 Å². The summed E-state index contributed by atoms with van der Waals surface area (Å²) in [6, 6.07) is 0.0219. The average molecular weight is 306 g/mol. The molecule has 1 fully saturated rings. The van der Waals surface area contributed by atoms with Crippen molar-refractivity contribution in [2.75, 3.05) is 0 Å². The molecule has 0 amide bonds. The zero-order valence-corrected chi connectivity index (χ0v) is 13.5. The Morgan fingerprint density at radius 1 is 1.26 bits per heavy atom. The van der Waals surface area contributed by atoms with Crippen LogP contribution in [-0.4, -0.2) is 24.7 Å². The number of sulfonamides is 1. The molecule has 0 spiro atoms. The van der Waals surface area contributed by atoms with E-state index in [1.54, 1.807) is 6.92 Å². The highest BCUT2D eigenvalue weighted by molar-refractivity contribution is 7.93. The van der Waals surface area contributed by atoms with E-state index in [9.17, 15) is 8.42 Å². The fourth-order valence-corrected chi connectivity index (χ4v) is 5.15. The van der Waals surface area contributed by atoms with Crippen molar-refractivity contribution in [3.8, 4) is 0 Å². The Morgan fingerprint density at radius 3 is 2.26 bits per heavy atom. The van der Waals surface area contributed by atoms with Crippen molar-refractivity contribution in [2.24, 2.45) is 11.7 Å². The smallest absolute Gasteiger partial charge is 0.221 e. The highest BCUT2D eigenvalue weighted by Crippen LogP contribution is 2.28. The van der Waals surface area contributed by atoms with Gasteiger partial charge in [-0.25, -0.2) is 13.1 Å². The quantitative estimate of drug-likeness (QED) is 0.708. The average Bonchev–Trinajstić information content (AvgIpc) is 2.37. The molecule has 0 aromatic heterocycles. The summed E-state index contributed by atoms with van der Waals surface area (Å²) >= 11 is 4.87. The van der Waals surface area contributed by atoms with Gasteiger partial charge >= 0.3 is 0 Å². The number of hydrogen-bond acceptors (Lipinski definition) is 3. The molecule has 4 nitrogen and oxygen atoms in total. The standard InChI is InChI=1S/C13H26N2O2S2/c1-3-11(10-8-6-5-7-9-10)15-19(16,17)12(4-2)13(14)18/h10-12,15H,3-9H2,1-2H3,(H2,14,18). The lowest BCUT2D eigenvalue weighted by molar-refractivity contribution is 0.285. The van der Waals surface area contributed by atoms with Crippen LogP contribution in [0.25, 0.3) is 0 Å². The van der Waals surface area contributed by atoms with E-state index in [-0.39, 0.29) is 11.0 Å². The van der Waals surface area contributed by atoms with Crippen molar-refractivity contribution in [3.05, 3.63) is 0 Å². The maximum atomic E-state index is 12.3. The predicted molar refractivity (Wildman–Crippen MR) is 83.6 cm³/mol. The van der Waals surface area contributed by atoms with Crippen LogP contribution in [0.4, 0.5) is 0 Å². The molecule has 3 N–H and O–H groups in total. The van der Waals surface area contributed by atoms with Crippen LogP contribution in [0.15, 0.2) is 0 Å². The van der Waals surface area contributed by atoms with Crippen LogP contribution in [-0.2, 0) is 10.0 Å². The molecule has 0 bridgehead atoms. The van der Waals surface area contributed by atoms with Crippen molar-refractivity contribution < 1.29 is 8.42 Å². The monoisotopic (exact) mass is 306 g/mol. The van der Waals surface area contributed by atoms with Crippen LogP contribution in [0.3, 0.4) is 0 Å². The van der Waals surface area contributed by atoms with Crippen LogP contribution >= 0.6 is 12.2 Å². The number of thiocarbonyl (C=S) groups is 1. The maximum Gasteiger partial charge on any atom is 0.221 e. The molecule has 0 aromatic rings. The van der Waals surface area contributed by atoms with E-state index in [2.05, 4.69) is 4.72 Å². The summed E-state index contributed by atoms with van der Waals surface area (Å²) in [7, 11) is -3.45. The minimum Gasteiger partial charge on any atom is -0.392 e. The van der Waals surface area contributed by atoms with Crippen LogP contribution in [0, 0.1) is 5.92 Å². The van der Waals surface area contributed by atoms with Crippen LogP contribution in [0.1, 0.15) is 58.8 Å². The van der Waals surface area contributed by atoms with Gasteiger partial charge in [-0.15, -0.1) is 0 Å². The van der Waals surface area contributed by atoms with Gasteiger partial charge in [0.15, 0.2) is 0 Å². The number of hydrogen-bond donors (Lipinski definition) is 2. The zero-order chi connectivity index (χ0) is 14.5. The van der Waals surface area contributed by atoms with Gasteiger partial charge < -0.3 is 5.73 Å². The Kier molecular flexibility index (Phi) is 6.69. The van der Waals surface area contributed by atoms with E-state index in [1.807, 2.05) is 6.92 Å². The Morgan fingerprint density at radius 2 is 1.84 bits per heavy atom. The number of nitrogens with one attached hydrogen (secondary N) is 1. The van der Waals surface area contributed by atoms with Crippen molar-refractivity contribution in [2.45, 2.75) is 70.1 Å². The summed E-state index contributed by atoms with van der Waals surface area (Å²) in [5, 5.41) is -0.750. The third-order valence-corrected chi connectivity index (χ3v) is 6.44. The Hall–Kier alpha value is -0.200. The molecule has 112 valence electrons. The summed E-state index contributed by atoms with van der Waals surface area (Å²) in [5.74, 6) is 0.456. The van der Waals surface area contributed by atoms with Crippen LogP contribution < -0.4 is 10.5 Å². The van der Waals surface area contributed by atoms with Crippen LogP contribution in [0.2, 0.25) is 0 Å². The van der Waals surface area contributed by atoms with Gasteiger partial charge in [-0.1, -0.05) is 45.3 Å². The molecule has 0 radical (unpaired) electrons. The molecule has 1 aliphatic rings. The van der Waals surface area contributed by atoms with Crippen LogP contribution in [0.5, 0.6) is 0 Å². The second-order valence-electron chi connectivity index (χ2n) is 5.37. The van der Waals surface area contributed by atoms with E-state index in [1.165, 1.54) is 19.3 Å². The van der Waals surface area contributed by atoms with Crippen molar-refractivity contribution in [3.63, 3.8) is 0 Å². The molecule has 0 heterocycles. The van der Waals surface area contributed by atoms with E-state index in [4.69, 9.17) is 18.0 Å². The Bertz CT molecular complexity index is 389. The largest absolute Gasteiger partial charge is 0.392 e. The van der Waals surface area contributed by atoms with E-state index >= 15 is 0 Å². The molecule has 1 rings (SSSR count). The molecule has 19 heavy (non-hydrogen) atoms. The molecule has 1 aliphatic carbocycles. The van der Waals surface area contributed by atoms with Gasteiger partial charge in [0.05, 0.1) is 4.99 Å². The normalized spacial score (nSPS) is 20.9.